The third kappa shape index (κ3) is 4.74. The maximum atomic E-state index is 11.5. The van der Waals surface area contributed by atoms with Crippen LogP contribution >= 0.6 is 0 Å². The summed E-state index contributed by atoms with van der Waals surface area (Å²) < 4.78 is 7.84. The fraction of sp³-hybridized carbons (Fsp3) is 0.129. The minimum atomic E-state index is -0.467. The van der Waals surface area contributed by atoms with Gasteiger partial charge < -0.3 is 20.8 Å². The van der Waals surface area contributed by atoms with Crippen LogP contribution < -0.4 is 16.2 Å². The molecule has 0 radical (unpaired) electrons. The number of primary amides is 1. The number of carbonyl (C=O) groups excluding carboxylic acids is 1. The molecule has 3 aromatic heterocycles. The van der Waals surface area contributed by atoms with Crippen LogP contribution in [0.4, 0.5) is 5.82 Å². The number of amides is 1. The third-order valence-corrected chi connectivity index (χ3v) is 6.76. The van der Waals surface area contributed by atoms with Crippen molar-refractivity contribution in [1.29, 1.82) is 5.26 Å². The number of ether oxygens (including phenoxy) is 1. The lowest BCUT2D eigenvalue weighted by Crippen LogP contribution is -2.11. The Morgan fingerprint density at radius 2 is 1.85 bits per heavy atom. The Bertz CT molecular complexity index is 1860. The molecule has 9 nitrogen and oxygen atoms in total. The molecule has 0 aliphatic carbocycles. The third-order valence-electron chi connectivity index (χ3n) is 6.76. The van der Waals surface area contributed by atoms with E-state index in [9.17, 15) is 10.1 Å². The second-order valence-electron chi connectivity index (χ2n) is 9.55. The minimum Gasteiger partial charge on any atom is -0.424 e. The maximum absolute atomic E-state index is 11.5. The number of hydrogen-bond donors (Lipinski definition) is 2. The van der Waals surface area contributed by atoms with Gasteiger partial charge in [-0.25, -0.2) is 15.0 Å². The molecule has 198 valence electrons. The Balaban J connectivity index is 1.70. The highest BCUT2D eigenvalue weighted by Crippen LogP contribution is 2.44. The van der Waals surface area contributed by atoms with E-state index < -0.39 is 5.91 Å². The lowest BCUT2D eigenvalue weighted by Gasteiger charge is -2.13. The smallest absolute Gasteiger partial charge is 0.322 e. The summed E-state index contributed by atoms with van der Waals surface area (Å²) in [7, 11) is 1.92. The Hall–Kier alpha value is -5.49. The molecular weight excluding hydrogens is 502 g/mol. The SMILES string of the molecule is CC(=Cc1ccc(-c2c(-c3ccc(Oc4nccc(C)n4)cc3)c3c(N)ncc(C#N)c3n2C)c(C)c1)C(N)=O. The predicted octanol–water partition coefficient (Wildman–Crippen LogP) is 5.45. The summed E-state index contributed by atoms with van der Waals surface area (Å²) >= 11 is 0. The van der Waals surface area contributed by atoms with Gasteiger partial charge in [0.1, 0.15) is 17.6 Å². The molecular formula is C31H27N7O2. The van der Waals surface area contributed by atoms with E-state index >= 15 is 0 Å². The van der Waals surface area contributed by atoms with Crippen LogP contribution in [-0.4, -0.2) is 25.4 Å². The van der Waals surface area contributed by atoms with Crippen LogP contribution in [0.15, 0.2) is 66.5 Å². The molecule has 0 spiro atoms. The van der Waals surface area contributed by atoms with E-state index in [-0.39, 0.29) is 6.01 Å². The summed E-state index contributed by atoms with van der Waals surface area (Å²) in [5, 5.41) is 10.6. The van der Waals surface area contributed by atoms with E-state index in [0.29, 0.717) is 33.6 Å². The van der Waals surface area contributed by atoms with Crippen molar-refractivity contribution in [2.24, 2.45) is 12.8 Å². The van der Waals surface area contributed by atoms with Gasteiger partial charge in [0.25, 0.3) is 0 Å². The van der Waals surface area contributed by atoms with Crippen LogP contribution in [0.25, 0.3) is 39.4 Å². The summed E-state index contributed by atoms with van der Waals surface area (Å²) in [6.45, 7) is 5.56. The molecule has 0 saturated heterocycles. The zero-order chi connectivity index (χ0) is 28.6. The van der Waals surface area contributed by atoms with Gasteiger partial charge in [-0.1, -0.05) is 30.3 Å². The molecule has 1 amide bonds. The first-order valence-electron chi connectivity index (χ1n) is 12.5. The van der Waals surface area contributed by atoms with Gasteiger partial charge in [-0.15, -0.1) is 0 Å². The van der Waals surface area contributed by atoms with Gasteiger partial charge in [0.05, 0.1) is 22.2 Å². The van der Waals surface area contributed by atoms with Crippen LogP contribution in [0.2, 0.25) is 0 Å². The van der Waals surface area contributed by atoms with Crippen molar-refractivity contribution >= 4 is 28.7 Å². The van der Waals surface area contributed by atoms with Crippen molar-refractivity contribution in [2.75, 3.05) is 5.73 Å². The predicted molar refractivity (Wildman–Crippen MR) is 155 cm³/mol. The van der Waals surface area contributed by atoms with E-state index in [1.165, 1.54) is 6.20 Å². The summed E-state index contributed by atoms with van der Waals surface area (Å²) in [5.41, 5.74) is 19.6. The number of nitrogen functional groups attached to an aromatic ring is 1. The summed E-state index contributed by atoms with van der Waals surface area (Å²) in [6.07, 6.45) is 4.90. The molecule has 0 bridgehead atoms. The number of fused-ring (bicyclic) bond motifs is 1. The standard InChI is InChI=1S/C31H27N7O2/c1-17-13-20(14-18(2)30(34)39)5-10-24(17)28-25(26-27(38(28)4)22(15-32)16-36-29(26)33)21-6-8-23(9-7-21)40-31-35-12-11-19(3)37-31/h5-14,16H,1-4H3,(H2,33,36)(H2,34,39). The molecule has 0 unspecified atom stereocenters. The molecule has 2 aromatic carbocycles. The first kappa shape index (κ1) is 26.1. The highest BCUT2D eigenvalue weighted by atomic mass is 16.5. The van der Waals surface area contributed by atoms with Crippen LogP contribution in [0.3, 0.4) is 0 Å². The number of anilines is 1. The van der Waals surface area contributed by atoms with Crippen LogP contribution in [0.1, 0.15) is 29.3 Å². The summed E-state index contributed by atoms with van der Waals surface area (Å²) in [4.78, 5) is 24.3. The molecule has 3 heterocycles. The zero-order valence-corrected chi connectivity index (χ0v) is 22.6. The van der Waals surface area contributed by atoms with Crippen molar-refractivity contribution in [3.63, 3.8) is 0 Å². The van der Waals surface area contributed by atoms with Crippen LogP contribution in [-0.2, 0) is 11.8 Å². The van der Waals surface area contributed by atoms with E-state index in [1.54, 1.807) is 25.3 Å². The quantitative estimate of drug-likeness (QED) is 0.278. The Kier molecular flexibility index (Phi) is 6.76. The summed E-state index contributed by atoms with van der Waals surface area (Å²) in [6, 6.07) is 17.8. The first-order valence-corrected chi connectivity index (χ1v) is 12.5. The van der Waals surface area contributed by atoms with Gasteiger partial charge in [-0.2, -0.15) is 5.26 Å². The highest BCUT2D eigenvalue weighted by Gasteiger charge is 2.24. The zero-order valence-electron chi connectivity index (χ0n) is 22.6. The molecule has 4 N–H and O–H groups in total. The number of hydrogen-bond acceptors (Lipinski definition) is 7. The molecule has 0 atom stereocenters. The van der Waals surface area contributed by atoms with Crippen molar-refractivity contribution in [3.05, 3.63) is 88.9 Å². The molecule has 0 aliphatic rings. The number of carbonyl (C=O) groups is 1. The normalized spacial score (nSPS) is 11.4. The van der Waals surface area contributed by atoms with E-state index in [4.69, 9.17) is 16.2 Å². The molecule has 40 heavy (non-hydrogen) atoms. The van der Waals surface area contributed by atoms with Crippen LogP contribution in [0.5, 0.6) is 11.8 Å². The number of aromatic nitrogens is 4. The topological polar surface area (TPSA) is 146 Å². The van der Waals surface area contributed by atoms with Gasteiger partial charge in [-0.05, 0) is 61.7 Å². The lowest BCUT2D eigenvalue weighted by molar-refractivity contribution is -0.114. The second kappa shape index (κ2) is 10.3. The van der Waals surface area contributed by atoms with Gasteiger partial charge in [0, 0.05) is 41.8 Å². The number of nitrogens with two attached hydrogens (primary N) is 2. The fourth-order valence-corrected chi connectivity index (χ4v) is 4.82. The van der Waals surface area contributed by atoms with Crippen molar-refractivity contribution in [1.82, 2.24) is 19.5 Å². The number of rotatable bonds is 6. The van der Waals surface area contributed by atoms with Gasteiger partial charge >= 0.3 is 6.01 Å². The Morgan fingerprint density at radius 3 is 2.50 bits per heavy atom. The van der Waals surface area contributed by atoms with Crippen molar-refractivity contribution in [3.8, 4) is 40.2 Å². The number of pyridine rings is 1. The number of nitriles is 1. The van der Waals surface area contributed by atoms with Gasteiger partial charge in [-0.3, -0.25) is 4.79 Å². The maximum Gasteiger partial charge on any atom is 0.322 e. The lowest BCUT2D eigenvalue weighted by atomic mass is 9.94. The van der Waals surface area contributed by atoms with E-state index in [1.807, 2.05) is 67.9 Å². The summed E-state index contributed by atoms with van der Waals surface area (Å²) in [5.74, 6) is 0.441. The highest BCUT2D eigenvalue weighted by molar-refractivity contribution is 6.11. The molecule has 0 aliphatic heterocycles. The molecule has 0 fully saturated rings. The van der Waals surface area contributed by atoms with Gasteiger partial charge in [0.15, 0.2) is 0 Å². The fourth-order valence-electron chi connectivity index (χ4n) is 4.82. The largest absolute Gasteiger partial charge is 0.424 e. The monoisotopic (exact) mass is 529 g/mol. The molecule has 0 saturated carbocycles. The molecule has 5 rings (SSSR count). The second-order valence-corrected chi connectivity index (χ2v) is 9.55. The number of benzene rings is 2. The molecule has 5 aromatic rings. The van der Waals surface area contributed by atoms with Gasteiger partial charge in [0.2, 0.25) is 5.91 Å². The van der Waals surface area contributed by atoms with E-state index in [2.05, 4.69) is 21.0 Å². The van der Waals surface area contributed by atoms with Crippen molar-refractivity contribution < 1.29 is 9.53 Å². The van der Waals surface area contributed by atoms with Crippen molar-refractivity contribution in [2.45, 2.75) is 20.8 Å². The Labute approximate surface area is 231 Å². The number of aryl methyl sites for hydroxylation is 3. The van der Waals surface area contributed by atoms with Crippen LogP contribution in [0, 0.1) is 25.2 Å². The molecule has 9 heteroatoms. The first-order chi connectivity index (χ1) is 19.2. The minimum absolute atomic E-state index is 0.266. The average Bonchev–Trinajstić information content (AvgIpc) is 3.23. The number of nitrogens with zero attached hydrogens (tertiary/aromatic N) is 5. The Morgan fingerprint density at radius 1 is 1.10 bits per heavy atom. The average molecular weight is 530 g/mol. The van der Waals surface area contributed by atoms with E-state index in [0.717, 1.165) is 39.2 Å².